The van der Waals surface area contributed by atoms with Crippen LogP contribution in [0.4, 0.5) is 0 Å². The van der Waals surface area contributed by atoms with Gasteiger partial charge in [-0.1, -0.05) is 12.1 Å². The molecular weight excluding hydrogens is 284 g/mol. The van der Waals surface area contributed by atoms with Gasteiger partial charge >= 0.3 is 5.97 Å². The quantitative estimate of drug-likeness (QED) is 0.876. The fourth-order valence-electron chi connectivity index (χ4n) is 2.58. The average molecular weight is 304 g/mol. The topological polar surface area (TPSA) is 86.7 Å². The Bertz CT molecular complexity index is 568. The van der Waals surface area contributed by atoms with Crippen LogP contribution < -0.4 is 5.32 Å². The number of carbonyl (C=O) groups is 3. The number of benzene rings is 1. The van der Waals surface area contributed by atoms with E-state index in [1.807, 2.05) is 0 Å². The number of nitrogens with zero attached hydrogens (tertiary/aromatic N) is 1. The molecule has 0 radical (unpaired) electrons. The van der Waals surface area contributed by atoms with Gasteiger partial charge in [0.2, 0.25) is 11.8 Å². The first-order valence-corrected chi connectivity index (χ1v) is 7.33. The van der Waals surface area contributed by atoms with Gasteiger partial charge in [0.25, 0.3) is 0 Å². The van der Waals surface area contributed by atoms with Gasteiger partial charge in [-0.3, -0.25) is 9.59 Å². The van der Waals surface area contributed by atoms with E-state index in [4.69, 9.17) is 5.11 Å². The summed E-state index contributed by atoms with van der Waals surface area (Å²) in [4.78, 5) is 36.0. The Morgan fingerprint density at radius 3 is 2.55 bits per heavy atom. The number of amides is 2. The van der Waals surface area contributed by atoms with Crippen LogP contribution >= 0.6 is 0 Å². The maximum atomic E-state index is 12.2. The van der Waals surface area contributed by atoms with Crippen molar-refractivity contribution in [3.05, 3.63) is 35.4 Å². The second-order valence-electron chi connectivity index (χ2n) is 5.52. The molecule has 1 aliphatic rings. The third-order valence-electron chi connectivity index (χ3n) is 3.91. The van der Waals surface area contributed by atoms with E-state index in [0.29, 0.717) is 13.1 Å². The summed E-state index contributed by atoms with van der Waals surface area (Å²) in [7, 11) is 0. The van der Waals surface area contributed by atoms with Crippen LogP contribution in [0.25, 0.3) is 0 Å². The Balaban J connectivity index is 1.86. The number of nitrogens with one attached hydrogen (secondary N) is 1. The molecule has 1 aromatic carbocycles. The number of carbonyl (C=O) groups excluding carboxylic acids is 2. The lowest BCUT2D eigenvalue weighted by Gasteiger charge is -2.31. The molecule has 6 nitrogen and oxygen atoms in total. The monoisotopic (exact) mass is 304 g/mol. The molecule has 1 aromatic rings. The Labute approximate surface area is 129 Å². The molecule has 1 fully saturated rings. The molecule has 22 heavy (non-hydrogen) atoms. The van der Waals surface area contributed by atoms with Gasteiger partial charge in [0.1, 0.15) is 0 Å². The molecule has 0 bridgehead atoms. The molecule has 1 aliphatic heterocycles. The van der Waals surface area contributed by atoms with Crippen LogP contribution in [-0.2, 0) is 16.1 Å². The fourth-order valence-corrected chi connectivity index (χ4v) is 2.58. The van der Waals surface area contributed by atoms with Crippen LogP contribution in [0, 0.1) is 5.92 Å². The van der Waals surface area contributed by atoms with Crippen LogP contribution in [0.2, 0.25) is 0 Å². The highest BCUT2D eigenvalue weighted by atomic mass is 16.4. The van der Waals surface area contributed by atoms with Gasteiger partial charge in [-0.15, -0.1) is 0 Å². The molecule has 0 aromatic heterocycles. The molecule has 2 rings (SSSR count). The number of hydrogen-bond acceptors (Lipinski definition) is 3. The van der Waals surface area contributed by atoms with E-state index in [-0.39, 0.29) is 23.3 Å². The van der Waals surface area contributed by atoms with Crippen molar-refractivity contribution >= 4 is 17.8 Å². The largest absolute Gasteiger partial charge is 0.478 e. The first kappa shape index (κ1) is 16.0. The minimum absolute atomic E-state index is 0.00163. The minimum atomic E-state index is -0.970. The first-order valence-electron chi connectivity index (χ1n) is 7.33. The van der Waals surface area contributed by atoms with Crippen molar-refractivity contribution in [2.24, 2.45) is 5.92 Å². The number of rotatable bonds is 4. The molecular formula is C16H20N2O4. The van der Waals surface area contributed by atoms with Crippen molar-refractivity contribution in [1.29, 1.82) is 0 Å². The summed E-state index contributed by atoms with van der Waals surface area (Å²) in [5.41, 5.74) is 1.07. The molecule has 1 unspecified atom stereocenters. The van der Waals surface area contributed by atoms with E-state index in [0.717, 1.165) is 24.9 Å². The van der Waals surface area contributed by atoms with E-state index >= 15 is 0 Å². The summed E-state index contributed by atoms with van der Waals surface area (Å²) >= 11 is 0. The summed E-state index contributed by atoms with van der Waals surface area (Å²) in [6.45, 7) is 3.06. The van der Waals surface area contributed by atoms with E-state index < -0.39 is 5.97 Å². The Morgan fingerprint density at radius 2 is 1.95 bits per heavy atom. The second-order valence-corrected chi connectivity index (χ2v) is 5.52. The zero-order valence-electron chi connectivity index (χ0n) is 12.5. The van der Waals surface area contributed by atoms with Gasteiger partial charge in [-0.25, -0.2) is 4.79 Å². The van der Waals surface area contributed by atoms with E-state index in [2.05, 4.69) is 5.32 Å². The normalized spacial score (nSPS) is 17.9. The van der Waals surface area contributed by atoms with E-state index in [1.54, 1.807) is 17.0 Å². The summed E-state index contributed by atoms with van der Waals surface area (Å²) in [5, 5.41) is 11.7. The lowest BCUT2D eigenvalue weighted by Crippen LogP contribution is -2.44. The summed E-state index contributed by atoms with van der Waals surface area (Å²) in [6, 6.07) is 6.41. The molecule has 1 atom stereocenters. The predicted molar refractivity (Wildman–Crippen MR) is 80.2 cm³/mol. The Kier molecular flexibility index (Phi) is 5.14. The zero-order valence-corrected chi connectivity index (χ0v) is 12.5. The van der Waals surface area contributed by atoms with Crippen molar-refractivity contribution in [3.8, 4) is 0 Å². The summed E-state index contributed by atoms with van der Waals surface area (Å²) < 4.78 is 0. The standard InChI is InChI=1S/C16H20N2O4/c1-11(19)18-8-2-3-14(10-18)15(20)17-9-12-4-6-13(7-5-12)16(21)22/h4-7,14H,2-3,8-10H2,1H3,(H,17,20)(H,21,22). The number of aromatic carboxylic acids is 1. The fraction of sp³-hybridized carbons (Fsp3) is 0.438. The van der Waals surface area contributed by atoms with Crippen molar-refractivity contribution in [2.75, 3.05) is 13.1 Å². The van der Waals surface area contributed by atoms with Crippen LogP contribution in [0.5, 0.6) is 0 Å². The number of piperidine rings is 1. The SMILES string of the molecule is CC(=O)N1CCCC(C(=O)NCc2ccc(C(=O)O)cc2)C1. The van der Waals surface area contributed by atoms with Gasteiger partial charge in [-0.05, 0) is 30.5 Å². The smallest absolute Gasteiger partial charge is 0.335 e. The molecule has 2 N–H and O–H groups in total. The third kappa shape index (κ3) is 4.07. The van der Waals surface area contributed by atoms with Crippen molar-refractivity contribution < 1.29 is 19.5 Å². The Hall–Kier alpha value is -2.37. The third-order valence-corrected chi connectivity index (χ3v) is 3.91. The minimum Gasteiger partial charge on any atom is -0.478 e. The predicted octanol–water partition coefficient (Wildman–Crippen LogP) is 1.26. The van der Waals surface area contributed by atoms with E-state index in [9.17, 15) is 14.4 Å². The Morgan fingerprint density at radius 1 is 1.27 bits per heavy atom. The maximum absolute atomic E-state index is 12.2. The molecule has 2 amide bonds. The molecule has 6 heteroatoms. The molecule has 118 valence electrons. The van der Waals surface area contributed by atoms with Crippen LogP contribution in [0.3, 0.4) is 0 Å². The van der Waals surface area contributed by atoms with Gasteiger partial charge in [-0.2, -0.15) is 0 Å². The zero-order chi connectivity index (χ0) is 16.1. The van der Waals surface area contributed by atoms with Crippen LogP contribution in [0.1, 0.15) is 35.7 Å². The molecule has 0 spiro atoms. The van der Waals surface area contributed by atoms with Gasteiger partial charge in [0.15, 0.2) is 0 Å². The summed E-state index contributed by atoms with van der Waals surface area (Å²) in [5.74, 6) is -1.20. The van der Waals surface area contributed by atoms with Gasteiger partial charge < -0.3 is 15.3 Å². The maximum Gasteiger partial charge on any atom is 0.335 e. The number of likely N-dealkylation sites (tertiary alicyclic amines) is 1. The lowest BCUT2D eigenvalue weighted by molar-refractivity contribution is -0.134. The lowest BCUT2D eigenvalue weighted by atomic mass is 9.97. The van der Waals surface area contributed by atoms with Crippen molar-refractivity contribution in [3.63, 3.8) is 0 Å². The summed E-state index contributed by atoms with van der Waals surface area (Å²) in [6.07, 6.45) is 1.62. The van der Waals surface area contributed by atoms with Crippen LogP contribution in [0.15, 0.2) is 24.3 Å². The highest BCUT2D eigenvalue weighted by Crippen LogP contribution is 2.17. The molecule has 1 saturated heterocycles. The average Bonchev–Trinajstić information content (AvgIpc) is 2.53. The van der Waals surface area contributed by atoms with E-state index in [1.165, 1.54) is 19.1 Å². The van der Waals surface area contributed by atoms with Crippen LogP contribution in [-0.4, -0.2) is 40.9 Å². The number of carboxylic acids is 1. The van der Waals surface area contributed by atoms with Crippen molar-refractivity contribution in [2.45, 2.75) is 26.3 Å². The highest BCUT2D eigenvalue weighted by molar-refractivity contribution is 5.87. The second kappa shape index (κ2) is 7.06. The van der Waals surface area contributed by atoms with Crippen molar-refractivity contribution in [1.82, 2.24) is 10.2 Å². The number of hydrogen-bond donors (Lipinski definition) is 2. The highest BCUT2D eigenvalue weighted by Gasteiger charge is 2.26. The number of carboxylic acid groups (broad SMARTS) is 1. The molecule has 0 aliphatic carbocycles. The van der Waals surface area contributed by atoms with Gasteiger partial charge in [0.05, 0.1) is 11.5 Å². The van der Waals surface area contributed by atoms with Gasteiger partial charge in [0, 0.05) is 26.6 Å². The molecule has 1 heterocycles. The first-order chi connectivity index (χ1) is 10.5. The molecule has 0 saturated carbocycles.